The van der Waals surface area contributed by atoms with Crippen LogP contribution in [0.15, 0.2) is 40.4 Å². The summed E-state index contributed by atoms with van der Waals surface area (Å²) in [5.41, 5.74) is 7.14. The second-order valence-corrected chi connectivity index (χ2v) is 6.33. The number of nitrogens with zero attached hydrogens (tertiary/aromatic N) is 1. The lowest BCUT2D eigenvalue weighted by Crippen LogP contribution is -2.10. The minimum absolute atomic E-state index is 0.0973. The van der Waals surface area contributed by atoms with E-state index in [2.05, 4.69) is 27.9 Å². The molecule has 0 saturated heterocycles. The lowest BCUT2D eigenvalue weighted by molar-refractivity contribution is 0.859. The molecule has 2 nitrogen and oxygen atoms in total. The maximum absolute atomic E-state index is 6.19. The van der Waals surface area contributed by atoms with E-state index < -0.39 is 0 Å². The highest BCUT2D eigenvalue weighted by Gasteiger charge is 2.14. The fourth-order valence-electron chi connectivity index (χ4n) is 1.56. The Hall–Kier alpha value is -1.01. The predicted molar refractivity (Wildman–Crippen MR) is 75.8 cm³/mol. The van der Waals surface area contributed by atoms with Crippen LogP contribution in [-0.4, -0.2) is 4.98 Å². The molecule has 0 saturated carbocycles. The molecule has 0 amide bonds. The second-order valence-electron chi connectivity index (χ2n) is 3.55. The van der Waals surface area contributed by atoms with Gasteiger partial charge in [0.25, 0.3) is 0 Å². The Labute approximate surface area is 111 Å². The number of thiazole rings is 1. The average Bonchev–Trinajstić information content (AvgIpc) is 3.09. The molecule has 86 valence electrons. The average molecular weight is 278 g/mol. The van der Waals surface area contributed by atoms with Crippen molar-refractivity contribution in [2.75, 3.05) is 0 Å². The summed E-state index contributed by atoms with van der Waals surface area (Å²) in [6.07, 6.45) is 0. The highest BCUT2D eigenvalue weighted by atomic mass is 32.1. The molecule has 0 aromatic carbocycles. The van der Waals surface area contributed by atoms with Gasteiger partial charge in [0, 0.05) is 10.3 Å². The van der Waals surface area contributed by atoms with Gasteiger partial charge in [0.15, 0.2) is 0 Å². The van der Waals surface area contributed by atoms with Crippen LogP contribution in [0, 0.1) is 0 Å². The summed E-state index contributed by atoms with van der Waals surface area (Å²) in [4.78, 5) is 6.99. The highest BCUT2D eigenvalue weighted by Crippen LogP contribution is 2.31. The van der Waals surface area contributed by atoms with E-state index in [1.54, 1.807) is 34.0 Å². The molecule has 0 fully saturated rings. The van der Waals surface area contributed by atoms with Crippen molar-refractivity contribution in [2.45, 2.75) is 6.04 Å². The molecule has 3 heterocycles. The number of aromatic nitrogens is 1. The van der Waals surface area contributed by atoms with Crippen LogP contribution in [0.5, 0.6) is 0 Å². The summed E-state index contributed by atoms with van der Waals surface area (Å²) < 4.78 is 0. The number of hydrogen-bond acceptors (Lipinski definition) is 5. The number of rotatable bonds is 3. The third kappa shape index (κ3) is 2.19. The number of hydrogen-bond donors (Lipinski definition) is 1. The largest absolute Gasteiger partial charge is 0.318 e. The number of thiophene rings is 2. The van der Waals surface area contributed by atoms with Crippen molar-refractivity contribution in [2.24, 2.45) is 5.73 Å². The van der Waals surface area contributed by atoms with E-state index in [4.69, 9.17) is 5.73 Å². The van der Waals surface area contributed by atoms with E-state index in [0.717, 1.165) is 15.6 Å². The summed E-state index contributed by atoms with van der Waals surface area (Å²) in [6, 6.07) is 8.11. The van der Waals surface area contributed by atoms with Gasteiger partial charge in [-0.1, -0.05) is 12.1 Å². The fourth-order valence-corrected chi connectivity index (χ4v) is 3.97. The molecule has 2 N–H and O–H groups in total. The Morgan fingerprint density at radius 2 is 1.88 bits per heavy atom. The molecular weight excluding hydrogens is 268 g/mol. The van der Waals surface area contributed by atoms with Gasteiger partial charge in [-0.3, -0.25) is 0 Å². The zero-order valence-corrected chi connectivity index (χ0v) is 11.3. The molecule has 3 aromatic rings. The van der Waals surface area contributed by atoms with Gasteiger partial charge in [0.2, 0.25) is 0 Å². The zero-order valence-electron chi connectivity index (χ0n) is 8.87. The standard InChI is InChI=1S/C12H10N2S3/c13-11(9-3-1-5-15-9)8-7-17-12(14-8)10-4-2-6-16-10/h1-7,11H,13H2. The van der Waals surface area contributed by atoms with Crippen LogP contribution in [-0.2, 0) is 0 Å². The molecule has 0 aliphatic heterocycles. The first-order valence-electron chi connectivity index (χ1n) is 5.13. The Morgan fingerprint density at radius 1 is 1.06 bits per heavy atom. The summed E-state index contributed by atoms with van der Waals surface area (Å²) in [7, 11) is 0. The smallest absolute Gasteiger partial charge is 0.133 e. The lowest BCUT2D eigenvalue weighted by atomic mass is 10.2. The normalized spacial score (nSPS) is 12.8. The van der Waals surface area contributed by atoms with Crippen molar-refractivity contribution >= 4 is 34.0 Å². The van der Waals surface area contributed by atoms with Crippen LogP contribution in [0.3, 0.4) is 0 Å². The van der Waals surface area contributed by atoms with Gasteiger partial charge in [-0.25, -0.2) is 4.98 Å². The molecule has 1 atom stereocenters. The molecule has 0 aliphatic carbocycles. The van der Waals surface area contributed by atoms with Gasteiger partial charge >= 0.3 is 0 Å². The van der Waals surface area contributed by atoms with E-state index in [-0.39, 0.29) is 6.04 Å². The second kappa shape index (κ2) is 4.70. The Kier molecular flexibility index (Phi) is 3.07. The monoisotopic (exact) mass is 278 g/mol. The van der Waals surface area contributed by atoms with Gasteiger partial charge in [-0.2, -0.15) is 0 Å². The molecule has 1 unspecified atom stereocenters. The fraction of sp³-hybridized carbons (Fsp3) is 0.0833. The van der Waals surface area contributed by atoms with E-state index in [9.17, 15) is 0 Å². The Bertz CT molecular complexity index is 581. The zero-order chi connectivity index (χ0) is 11.7. The molecule has 3 rings (SSSR count). The highest BCUT2D eigenvalue weighted by molar-refractivity contribution is 7.20. The van der Waals surface area contributed by atoms with Gasteiger partial charge < -0.3 is 5.73 Å². The molecule has 5 heteroatoms. The molecule has 3 aromatic heterocycles. The van der Waals surface area contributed by atoms with Crippen molar-refractivity contribution in [3.63, 3.8) is 0 Å². The van der Waals surface area contributed by atoms with Crippen molar-refractivity contribution < 1.29 is 0 Å². The molecule has 0 aliphatic rings. The predicted octanol–water partition coefficient (Wildman–Crippen LogP) is 3.98. The summed E-state index contributed by atoms with van der Waals surface area (Å²) >= 11 is 5.04. The molecule has 0 spiro atoms. The van der Waals surface area contributed by atoms with E-state index >= 15 is 0 Å². The SMILES string of the molecule is NC(c1csc(-c2cccs2)n1)c1cccs1. The molecule has 0 bridgehead atoms. The first kappa shape index (κ1) is 11.1. The third-order valence-electron chi connectivity index (χ3n) is 2.42. The maximum atomic E-state index is 6.19. The molecule has 0 radical (unpaired) electrons. The van der Waals surface area contributed by atoms with Crippen LogP contribution in [0.4, 0.5) is 0 Å². The van der Waals surface area contributed by atoms with Crippen LogP contribution < -0.4 is 5.73 Å². The van der Waals surface area contributed by atoms with Crippen LogP contribution >= 0.6 is 34.0 Å². The van der Waals surface area contributed by atoms with Crippen LogP contribution in [0.1, 0.15) is 16.6 Å². The first-order valence-corrected chi connectivity index (χ1v) is 7.77. The van der Waals surface area contributed by atoms with Gasteiger partial charge in [0.05, 0.1) is 16.6 Å². The molecule has 17 heavy (non-hydrogen) atoms. The quantitative estimate of drug-likeness (QED) is 0.787. The van der Waals surface area contributed by atoms with Crippen LogP contribution in [0.25, 0.3) is 9.88 Å². The lowest BCUT2D eigenvalue weighted by Gasteiger charge is -2.04. The maximum Gasteiger partial charge on any atom is 0.133 e. The van der Waals surface area contributed by atoms with Gasteiger partial charge in [0.1, 0.15) is 5.01 Å². The summed E-state index contributed by atoms with van der Waals surface area (Å²) in [5.74, 6) is 0. The van der Waals surface area contributed by atoms with Crippen molar-refractivity contribution in [3.8, 4) is 9.88 Å². The Balaban J connectivity index is 1.90. The van der Waals surface area contributed by atoms with E-state index in [0.29, 0.717) is 0 Å². The summed E-state index contributed by atoms with van der Waals surface area (Å²) in [5, 5.41) is 7.22. The first-order chi connectivity index (χ1) is 8.34. The van der Waals surface area contributed by atoms with Crippen LogP contribution in [0.2, 0.25) is 0 Å². The topological polar surface area (TPSA) is 38.9 Å². The van der Waals surface area contributed by atoms with E-state index in [1.165, 1.54) is 4.88 Å². The third-order valence-corrected chi connectivity index (χ3v) is 5.28. The van der Waals surface area contributed by atoms with Crippen molar-refractivity contribution in [1.82, 2.24) is 4.98 Å². The van der Waals surface area contributed by atoms with Gasteiger partial charge in [-0.15, -0.1) is 34.0 Å². The van der Waals surface area contributed by atoms with Crippen molar-refractivity contribution in [1.29, 1.82) is 0 Å². The minimum Gasteiger partial charge on any atom is -0.318 e. The van der Waals surface area contributed by atoms with Crippen molar-refractivity contribution in [3.05, 3.63) is 51.0 Å². The van der Waals surface area contributed by atoms with Gasteiger partial charge in [-0.05, 0) is 22.9 Å². The minimum atomic E-state index is -0.0973. The Morgan fingerprint density at radius 3 is 2.59 bits per heavy atom. The van der Waals surface area contributed by atoms with E-state index in [1.807, 2.05) is 17.5 Å². The summed E-state index contributed by atoms with van der Waals surface area (Å²) in [6.45, 7) is 0. The molecular formula is C12H10N2S3. The number of nitrogens with two attached hydrogens (primary N) is 1.